The Kier molecular flexibility index (Phi) is 4.22. The van der Waals surface area contributed by atoms with E-state index in [9.17, 15) is 4.79 Å². The minimum absolute atomic E-state index is 0.0518. The van der Waals surface area contributed by atoms with Gasteiger partial charge in [0.2, 0.25) is 5.78 Å². The highest BCUT2D eigenvalue weighted by Crippen LogP contribution is 2.18. The normalized spacial score (nSPS) is 11.0. The van der Waals surface area contributed by atoms with Gasteiger partial charge in [-0.1, -0.05) is 41.9 Å². The molecule has 0 unspecified atom stereocenters. The van der Waals surface area contributed by atoms with E-state index in [0.717, 1.165) is 11.3 Å². The van der Waals surface area contributed by atoms with Gasteiger partial charge in [-0.05, 0) is 25.1 Å². The van der Waals surface area contributed by atoms with E-state index in [0.29, 0.717) is 27.9 Å². The molecule has 26 heavy (non-hydrogen) atoms. The molecule has 6 heteroatoms. The highest BCUT2D eigenvalue weighted by Gasteiger charge is 2.12. The molecule has 128 valence electrons. The summed E-state index contributed by atoms with van der Waals surface area (Å²) < 4.78 is 1.85. The van der Waals surface area contributed by atoms with Gasteiger partial charge in [-0.2, -0.15) is 0 Å². The Morgan fingerprint density at radius 2 is 1.88 bits per heavy atom. The molecule has 4 aromatic rings. The van der Waals surface area contributed by atoms with E-state index in [2.05, 4.69) is 15.0 Å². The van der Waals surface area contributed by atoms with Crippen molar-refractivity contribution >= 4 is 23.2 Å². The van der Waals surface area contributed by atoms with Crippen LogP contribution in [0, 0.1) is 6.92 Å². The summed E-state index contributed by atoms with van der Waals surface area (Å²) in [5.74, 6) is 0.516. The lowest BCUT2D eigenvalue weighted by Crippen LogP contribution is -2.07. The second kappa shape index (κ2) is 6.69. The molecule has 3 aromatic heterocycles. The summed E-state index contributed by atoms with van der Waals surface area (Å²) in [6.45, 7) is 1.81. The van der Waals surface area contributed by atoms with Crippen LogP contribution in [0.1, 0.15) is 21.7 Å². The summed E-state index contributed by atoms with van der Waals surface area (Å²) in [6.07, 6.45) is 3.98. The van der Waals surface area contributed by atoms with Gasteiger partial charge in [0.05, 0.1) is 17.8 Å². The Morgan fingerprint density at radius 3 is 2.65 bits per heavy atom. The van der Waals surface area contributed by atoms with Crippen molar-refractivity contribution in [2.75, 3.05) is 0 Å². The van der Waals surface area contributed by atoms with Crippen molar-refractivity contribution in [2.45, 2.75) is 13.3 Å². The number of hydrogen-bond acceptors (Lipinski definition) is 4. The molecule has 0 saturated heterocycles. The summed E-state index contributed by atoms with van der Waals surface area (Å²) in [4.78, 5) is 25.7. The van der Waals surface area contributed by atoms with Gasteiger partial charge in [0, 0.05) is 29.2 Å². The van der Waals surface area contributed by atoms with Crippen molar-refractivity contribution in [3.63, 3.8) is 0 Å². The standard InChI is InChI=1S/C20H15ClN4O/c1-13-9-15(10-19(21)22-13)18(26)11-16-7-8-25-12-17(24-20(25)23-16)14-5-3-2-4-6-14/h2-10,12H,11H2,1H3. The van der Waals surface area contributed by atoms with Gasteiger partial charge in [0.1, 0.15) is 5.15 Å². The van der Waals surface area contributed by atoms with E-state index in [1.165, 1.54) is 0 Å². The van der Waals surface area contributed by atoms with Crippen molar-refractivity contribution in [2.24, 2.45) is 0 Å². The Bertz CT molecular complexity index is 1090. The first kappa shape index (κ1) is 16.4. The van der Waals surface area contributed by atoms with Gasteiger partial charge in [0.15, 0.2) is 5.78 Å². The quantitative estimate of drug-likeness (QED) is 0.403. The summed E-state index contributed by atoms with van der Waals surface area (Å²) in [5.41, 5.74) is 3.79. The molecule has 0 N–H and O–H groups in total. The number of halogens is 1. The molecule has 0 aliphatic carbocycles. The van der Waals surface area contributed by atoms with E-state index in [1.54, 1.807) is 12.1 Å². The fourth-order valence-corrected chi connectivity index (χ4v) is 3.06. The number of rotatable bonds is 4. The molecule has 1 aromatic carbocycles. The van der Waals surface area contributed by atoms with Crippen LogP contribution < -0.4 is 0 Å². The number of benzene rings is 1. The van der Waals surface area contributed by atoms with E-state index in [-0.39, 0.29) is 12.2 Å². The Morgan fingerprint density at radius 1 is 1.08 bits per heavy atom. The van der Waals surface area contributed by atoms with Gasteiger partial charge in [-0.15, -0.1) is 0 Å². The topological polar surface area (TPSA) is 60.2 Å². The van der Waals surface area contributed by atoms with E-state index in [4.69, 9.17) is 11.6 Å². The van der Waals surface area contributed by atoms with E-state index >= 15 is 0 Å². The van der Waals surface area contributed by atoms with Crippen LogP contribution in [0.15, 0.2) is 60.9 Å². The summed E-state index contributed by atoms with van der Waals surface area (Å²) in [5, 5.41) is 0.317. The lowest BCUT2D eigenvalue weighted by atomic mass is 10.1. The monoisotopic (exact) mass is 362 g/mol. The predicted octanol–water partition coefficient (Wildman–Crippen LogP) is 4.18. The average molecular weight is 363 g/mol. The molecule has 0 saturated carbocycles. The third-order valence-electron chi connectivity index (χ3n) is 4.04. The van der Waals surface area contributed by atoms with Gasteiger partial charge in [-0.3, -0.25) is 9.20 Å². The van der Waals surface area contributed by atoms with Crippen LogP contribution in [0.2, 0.25) is 5.15 Å². The molecule has 0 fully saturated rings. The zero-order valence-electron chi connectivity index (χ0n) is 14.1. The number of carbonyl (C=O) groups is 1. The molecule has 0 atom stereocenters. The third kappa shape index (κ3) is 3.34. The van der Waals surface area contributed by atoms with Crippen LogP contribution >= 0.6 is 11.6 Å². The zero-order valence-corrected chi connectivity index (χ0v) is 14.8. The maximum Gasteiger partial charge on any atom is 0.234 e. The van der Waals surface area contributed by atoms with E-state index < -0.39 is 0 Å². The van der Waals surface area contributed by atoms with Crippen LogP contribution in [0.5, 0.6) is 0 Å². The summed E-state index contributed by atoms with van der Waals surface area (Å²) >= 11 is 5.94. The van der Waals surface area contributed by atoms with Crippen LogP contribution in [0.25, 0.3) is 17.0 Å². The Labute approximate surface area is 155 Å². The van der Waals surface area contributed by atoms with Crippen LogP contribution in [-0.4, -0.2) is 25.1 Å². The average Bonchev–Trinajstić information content (AvgIpc) is 3.05. The molecule has 0 radical (unpaired) electrons. The number of aryl methyl sites for hydroxylation is 1. The van der Waals surface area contributed by atoms with Gasteiger partial charge < -0.3 is 0 Å². The molecule has 0 aliphatic rings. The maximum absolute atomic E-state index is 12.5. The zero-order chi connectivity index (χ0) is 18.1. The van der Waals surface area contributed by atoms with Gasteiger partial charge >= 0.3 is 0 Å². The lowest BCUT2D eigenvalue weighted by Gasteiger charge is -2.03. The van der Waals surface area contributed by atoms with Gasteiger partial charge in [-0.25, -0.2) is 15.0 Å². The molecule has 0 aliphatic heterocycles. The lowest BCUT2D eigenvalue weighted by molar-refractivity contribution is 0.0992. The maximum atomic E-state index is 12.5. The first-order chi connectivity index (χ1) is 12.6. The number of Topliss-reactive ketones (excluding diaryl/α,β-unsaturated/α-hetero) is 1. The number of ketones is 1. The second-order valence-corrected chi connectivity index (χ2v) is 6.43. The molecule has 3 heterocycles. The first-order valence-electron chi connectivity index (χ1n) is 8.16. The van der Waals surface area contributed by atoms with E-state index in [1.807, 2.05) is 60.1 Å². The molecular weight excluding hydrogens is 348 g/mol. The number of nitrogens with zero attached hydrogens (tertiary/aromatic N) is 4. The highest BCUT2D eigenvalue weighted by molar-refractivity contribution is 6.29. The fraction of sp³-hybridized carbons (Fsp3) is 0.100. The molecule has 0 bridgehead atoms. The number of fused-ring (bicyclic) bond motifs is 1. The van der Waals surface area contributed by atoms with Crippen molar-refractivity contribution < 1.29 is 4.79 Å². The molecule has 5 nitrogen and oxygen atoms in total. The number of carbonyl (C=O) groups excluding carboxylic acids is 1. The minimum Gasteiger partial charge on any atom is -0.294 e. The number of pyridine rings is 1. The van der Waals surface area contributed by atoms with Crippen molar-refractivity contribution in [3.8, 4) is 11.3 Å². The van der Waals surface area contributed by atoms with Crippen molar-refractivity contribution in [1.29, 1.82) is 0 Å². The van der Waals surface area contributed by atoms with Crippen LogP contribution in [-0.2, 0) is 6.42 Å². The molecule has 0 amide bonds. The number of imidazole rings is 1. The minimum atomic E-state index is -0.0518. The predicted molar refractivity (Wildman–Crippen MR) is 100 cm³/mol. The fourth-order valence-electron chi connectivity index (χ4n) is 2.81. The van der Waals surface area contributed by atoms with Crippen molar-refractivity contribution in [3.05, 3.63) is 83.0 Å². The van der Waals surface area contributed by atoms with Crippen LogP contribution in [0.3, 0.4) is 0 Å². The highest BCUT2D eigenvalue weighted by atomic mass is 35.5. The smallest absolute Gasteiger partial charge is 0.234 e. The number of hydrogen-bond donors (Lipinski definition) is 0. The molecular formula is C20H15ClN4O. The Hall–Kier alpha value is -3.05. The first-order valence-corrected chi connectivity index (χ1v) is 8.54. The summed E-state index contributed by atoms with van der Waals surface area (Å²) in [6, 6.07) is 15.1. The van der Waals surface area contributed by atoms with Crippen LogP contribution in [0.4, 0.5) is 0 Å². The largest absolute Gasteiger partial charge is 0.294 e. The molecule has 0 spiro atoms. The second-order valence-electron chi connectivity index (χ2n) is 6.04. The molecule has 4 rings (SSSR count). The van der Waals surface area contributed by atoms with Crippen molar-refractivity contribution in [1.82, 2.24) is 19.4 Å². The number of aromatic nitrogens is 4. The van der Waals surface area contributed by atoms with Gasteiger partial charge in [0.25, 0.3) is 0 Å². The summed E-state index contributed by atoms with van der Waals surface area (Å²) in [7, 11) is 0. The Balaban J connectivity index is 1.62. The third-order valence-corrected chi connectivity index (χ3v) is 4.23. The SMILES string of the molecule is Cc1cc(C(=O)Cc2ccn3cc(-c4ccccc4)nc3n2)cc(Cl)n1.